The van der Waals surface area contributed by atoms with Gasteiger partial charge in [0.1, 0.15) is 0 Å². The SMILES string of the molecule is CC(C)CCOCCNC(=O)c1n[nH]c2c1CNCC2. The number of rotatable bonds is 7. The fourth-order valence-corrected chi connectivity index (χ4v) is 2.15. The molecule has 0 saturated heterocycles. The summed E-state index contributed by atoms with van der Waals surface area (Å²) in [5, 5.41) is 13.2. The Morgan fingerprint density at radius 2 is 2.30 bits per heavy atom. The molecule has 3 N–H and O–H groups in total. The van der Waals surface area contributed by atoms with Gasteiger partial charge in [0.05, 0.1) is 6.61 Å². The topological polar surface area (TPSA) is 79.0 Å². The minimum atomic E-state index is -0.126. The summed E-state index contributed by atoms with van der Waals surface area (Å²) in [6.45, 7) is 7.78. The van der Waals surface area contributed by atoms with Gasteiger partial charge in [0.15, 0.2) is 5.69 Å². The summed E-state index contributed by atoms with van der Waals surface area (Å²) in [7, 11) is 0. The van der Waals surface area contributed by atoms with E-state index in [0.717, 1.165) is 37.3 Å². The maximum absolute atomic E-state index is 12.0. The predicted molar refractivity (Wildman–Crippen MR) is 76.6 cm³/mol. The van der Waals surface area contributed by atoms with Gasteiger partial charge in [0.2, 0.25) is 0 Å². The van der Waals surface area contributed by atoms with E-state index in [9.17, 15) is 4.79 Å². The second kappa shape index (κ2) is 7.40. The van der Waals surface area contributed by atoms with Crippen molar-refractivity contribution in [2.75, 3.05) is 26.3 Å². The zero-order chi connectivity index (χ0) is 14.4. The third-order valence-electron chi connectivity index (χ3n) is 3.39. The number of carbonyl (C=O) groups excluding carboxylic acids is 1. The molecule has 2 rings (SSSR count). The molecule has 0 radical (unpaired) electrons. The van der Waals surface area contributed by atoms with Crippen molar-refractivity contribution in [1.29, 1.82) is 0 Å². The molecule has 0 aromatic carbocycles. The molecule has 6 heteroatoms. The van der Waals surface area contributed by atoms with Crippen LogP contribution in [0.25, 0.3) is 0 Å². The fourth-order valence-electron chi connectivity index (χ4n) is 2.15. The Bertz CT molecular complexity index is 442. The lowest BCUT2D eigenvalue weighted by Gasteiger charge is -2.13. The summed E-state index contributed by atoms with van der Waals surface area (Å²) in [5.74, 6) is 0.520. The number of amides is 1. The molecule has 0 spiro atoms. The Labute approximate surface area is 119 Å². The molecular weight excluding hydrogens is 256 g/mol. The van der Waals surface area contributed by atoms with E-state index in [0.29, 0.717) is 31.3 Å². The number of carbonyl (C=O) groups is 1. The second-order valence-corrected chi connectivity index (χ2v) is 5.51. The summed E-state index contributed by atoms with van der Waals surface area (Å²) in [6, 6.07) is 0. The minimum Gasteiger partial charge on any atom is -0.380 e. The van der Waals surface area contributed by atoms with Gasteiger partial charge in [-0.05, 0) is 12.3 Å². The van der Waals surface area contributed by atoms with Crippen molar-refractivity contribution in [2.24, 2.45) is 5.92 Å². The van der Waals surface area contributed by atoms with Crippen molar-refractivity contribution in [3.05, 3.63) is 17.0 Å². The highest BCUT2D eigenvalue weighted by Gasteiger charge is 2.20. The first-order valence-electron chi connectivity index (χ1n) is 7.31. The first kappa shape index (κ1) is 15.0. The van der Waals surface area contributed by atoms with Crippen LogP contribution in [-0.4, -0.2) is 42.4 Å². The molecule has 0 unspecified atom stereocenters. The number of fused-ring (bicyclic) bond motifs is 1. The van der Waals surface area contributed by atoms with Crippen molar-refractivity contribution >= 4 is 5.91 Å². The molecule has 112 valence electrons. The van der Waals surface area contributed by atoms with Crippen molar-refractivity contribution in [2.45, 2.75) is 33.2 Å². The number of aromatic amines is 1. The molecule has 1 amide bonds. The minimum absolute atomic E-state index is 0.126. The fraction of sp³-hybridized carbons (Fsp3) is 0.714. The highest BCUT2D eigenvalue weighted by molar-refractivity contribution is 5.94. The van der Waals surface area contributed by atoms with Crippen LogP contribution in [0.5, 0.6) is 0 Å². The first-order valence-corrected chi connectivity index (χ1v) is 7.31. The number of hydrogen-bond donors (Lipinski definition) is 3. The third-order valence-corrected chi connectivity index (χ3v) is 3.39. The molecule has 20 heavy (non-hydrogen) atoms. The molecule has 1 aromatic heterocycles. The quantitative estimate of drug-likeness (QED) is 0.647. The normalized spacial score (nSPS) is 14.3. The molecule has 0 aliphatic carbocycles. The Kier molecular flexibility index (Phi) is 5.55. The van der Waals surface area contributed by atoms with Gasteiger partial charge in [0.25, 0.3) is 5.91 Å². The van der Waals surface area contributed by atoms with Crippen molar-refractivity contribution in [1.82, 2.24) is 20.8 Å². The van der Waals surface area contributed by atoms with Crippen LogP contribution in [0, 0.1) is 5.92 Å². The Balaban J connectivity index is 1.71. The smallest absolute Gasteiger partial charge is 0.272 e. The highest BCUT2D eigenvalue weighted by atomic mass is 16.5. The molecule has 0 bridgehead atoms. The molecule has 2 heterocycles. The zero-order valence-corrected chi connectivity index (χ0v) is 12.3. The van der Waals surface area contributed by atoms with E-state index < -0.39 is 0 Å². The molecule has 1 aromatic rings. The Morgan fingerprint density at radius 1 is 1.45 bits per heavy atom. The summed E-state index contributed by atoms with van der Waals surface area (Å²) in [4.78, 5) is 12.0. The van der Waals surface area contributed by atoms with E-state index in [4.69, 9.17) is 4.74 Å². The largest absolute Gasteiger partial charge is 0.380 e. The van der Waals surface area contributed by atoms with Crippen LogP contribution in [0.4, 0.5) is 0 Å². The van der Waals surface area contributed by atoms with Gasteiger partial charge in [0, 0.05) is 43.9 Å². The van der Waals surface area contributed by atoms with Crippen LogP contribution in [0.1, 0.15) is 42.0 Å². The Morgan fingerprint density at radius 3 is 3.10 bits per heavy atom. The van der Waals surface area contributed by atoms with Crippen molar-refractivity contribution in [3.63, 3.8) is 0 Å². The number of nitrogens with zero attached hydrogens (tertiary/aromatic N) is 1. The van der Waals surface area contributed by atoms with E-state index in [1.54, 1.807) is 0 Å². The van der Waals surface area contributed by atoms with Crippen LogP contribution >= 0.6 is 0 Å². The molecule has 0 saturated carbocycles. The molecule has 6 nitrogen and oxygen atoms in total. The lowest BCUT2D eigenvalue weighted by atomic mass is 10.1. The molecule has 0 fully saturated rings. The zero-order valence-electron chi connectivity index (χ0n) is 12.3. The summed E-state index contributed by atoms with van der Waals surface area (Å²) in [6.07, 6.45) is 1.94. The number of H-pyrrole nitrogens is 1. The van der Waals surface area contributed by atoms with E-state index in [1.807, 2.05) is 0 Å². The molecule has 1 aliphatic rings. The van der Waals surface area contributed by atoms with Gasteiger partial charge < -0.3 is 15.4 Å². The predicted octanol–water partition coefficient (Wildman–Crippen LogP) is 0.848. The van der Waals surface area contributed by atoms with Crippen LogP contribution in [-0.2, 0) is 17.7 Å². The van der Waals surface area contributed by atoms with Crippen molar-refractivity contribution < 1.29 is 9.53 Å². The molecular formula is C14H24N4O2. The van der Waals surface area contributed by atoms with Gasteiger partial charge in [-0.1, -0.05) is 13.8 Å². The standard InChI is InChI=1S/C14H24N4O2/c1-10(2)4-7-20-8-6-16-14(19)13-11-9-15-5-3-12(11)17-18-13/h10,15H,3-9H2,1-2H3,(H,16,19)(H,17,18). The third kappa shape index (κ3) is 4.05. The van der Waals surface area contributed by atoms with Crippen molar-refractivity contribution in [3.8, 4) is 0 Å². The Hall–Kier alpha value is -1.40. The van der Waals surface area contributed by atoms with Crippen LogP contribution in [0.3, 0.4) is 0 Å². The van der Waals surface area contributed by atoms with Gasteiger partial charge >= 0.3 is 0 Å². The monoisotopic (exact) mass is 280 g/mol. The summed E-state index contributed by atoms with van der Waals surface area (Å²) < 4.78 is 5.47. The van der Waals surface area contributed by atoms with Gasteiger partial charge in [-0.25, -0.2) is 0 Å². The van der Waals surface area contributed by atoms with E-state index in [-0.39, 0.29) is 5.91 Å². The molecule has 0 atom stereocenters. The first-order chi connectivity index (χ1) is 9.68. The average molecular weight is 280 g/mol. The highest BCUT2D eigenvalue weighted by Crippen LogP contribution is 2.14. The number of ether oxygens (including phenoxy) is 1. The lowest BCUT2D eigenvalue weighted by molar-refractivity contribution is 0.0900. The maximum atomic E-state index is 12.0. The van der Waals surface area contributed by atoms with Gasteiger partial charge in [-0.2, -0.15) is 5.10 Å². The van der Waals surface area contributed by atoms with Gasteiger partial charge in [-0.15, -0.1) is 0 Å². The van der Waals surface area contributed by atoms with Crippen LogP contribution < -0.4 is 10.6 Å². The van der Waals surface area contributed by atoms with Crippen LogP contribution in [0.2, 0.25) is 0 Å². The second-order valence-electron chi connectivity index (χ2n) is 5.51. The van der Waals surface area contributed by atoms with E-state index in [1.165, 1.54) is 0 Å². The number of nitrogens with one attached hydrogen (secondary N) is 3. The van der Waals surface area contributed by atoms with Gasteiger partial charge in [-0.3, -0.25) is 9.89 Å². The van der Waals surface area contributed by atoms with E-state index >= 15 is 0 Å². The summed E-state index contributed by atoms with van der Waals surface area (Å²) in [5.41, 5.74) is 2.57. The summed E-state index contributed by atoms with van der Waals surface area (Å²) >= 11 is 0. The average Bonchev–Trinajstić information content (AvgIpc) is 2.86. The number of hydrogen-bond acceptors (Lipinski definition) is 4. The lowest BCUT2D eigenvalue weighted by Crippen LogP contribution is -2.30. The molecule has 1 aliphatic heterocycles. The number of aromatic nitrogens is 2. The van der Waals surface area contributed by atoms with Crippen LogP contribution in [0.15, 0.2) is 0 Å². The maximum Gasteiger partial charge on any atom is 0.272 e. The van der Waals surface area contributed by atoms with E-state index in [2.05, 4.69) is 34.7 Å².